The molecule has 0 bridgehead atoms. The molecule has 0 aliphatic heterocycles. The molecular weight excluding hydrogens is 312 g/mol. The fourth-order valence-electron chi connectivity index (χ4n) is 2.18. The third-order valence-corrected chi connectivity index (χ3v) is 3.36. The molecule has 1 atom stereocenters. The van der Waals surface area contributed by atoms with Crippen LogP contribution in [0.25, 0.3) is 0 Å². The third-order valence-electron chi connectivity index (χ3n) is 3.36. The first-order chi connectivity index (χ1) is 11.6. The molecule has 8 heteroatoms. The molecular formula is C16H14N4O4. The normalized spacial score (nSPS) is 11.7. The number of aromatic nitrogens is 2. The fraction of sp³-hybridized carbons (Fsp3) is 0.125. The Kier molecular flexibility index (Phi) is 4.37. The van der Waals surface area contributed by atoms with Crippen molar-refractivity contribution < 1.29 is 18.6 Å². The lowest BCUT2D eigenvalue weighted by Crippen LogP contribution is -2.27. The molecule has 0 radical (unpaired) electrons. The van der Waals surface area contributed by atoms with E-state index in [2.05, 4.69) is 30.0 Å². The average molecular weight is 326 g/mol. The highest BCUT2D eigenvalue weighted by atomic mass is 16.5. The number of carbonyl (C=O) groups is 2. The Morgan fingerprint density at radius 3 is 2.21 bits per heavy atom. The van der Waals surface area contributed by atoms with Gasteiger partial charge in [0.25, 0.3) is 11.8 Å². The van der Waals surface area contributed by atoms with E-state index in [4.69, 9.17) is 0 Å². The SMILES string of the molecule is CC(NC(=O)c1ccon1)c1ccccc1NC(=O)c1ccon1. The second-order valence-electron chi connectivity index (χ2n) is 5.01. The first-order valence-electron chi connectivity index (χ1n) is 7.17. The molecule has 0 spiro atoms. The van der Waals surface area contributed by atoms with Gasteiger partial charge in [-0.15, -0.1) is 0 Å². The Morgan fingerprint density at radius 2 is 1.58 bits per heavy atom. The van der Waals surface area contributed by atoms with Crippen molar-refractivity contribution in [1.29, 1.82) is 0 Å². The molecule has 8 nitrogen and oxygen atoms in total. The van der Waals surface area contributed by atoms with Crippen LogP contribution < -0.4 is 10.6 Å². The van der Waals surface area contributed by atoms with Crippen molar-refractivity contribution in [3.63, 3.8) is 0 Å². The maximum Gasteiger partial charge on any atom is 0.277 e. The van der Waals surface area contributed by atoms with Crippen LogP contribution in [-0.2, 0) is 0 Å². The van der Waals surface area contributed by atoms with Crippen LogP contribution in [0.1, 0.15) is 39.5 Å². The largest absolute Gasteiger partial charge is 0.364 e. The highest BCUT2D eigenvalue weighted by molar-refractivity contribution is 6.03. The van der Waals surface area contributed by atoms with Gasteiger partial charge in [-0.05, 0) is 18.6 Å². The minimum atomic E-state index is -0.397. The number of nitrogens with zero attached hydrogens (tertiary/aromatic N) is 2. The summed E-state index contributed by atoms with van der Waals surface area (Å²) in [6, 6.07) is 9.74. The van der Waals surface area contributed by atoms with E-state index in [9.17, 15) is 9.59 Å². The molecule has 0 saturated carbocycles. The van der Waals surface area contributed by atoms with E-state index in [0.717, 1.165) is 5.56 Å². The molecule has 2 N–H and O–H groups in total. The first-order valence-corrected chi connectivity index (χ1v) is 7.17. The maximum atomic E-state index is 12.1. The topological polar surface area (TPSA) is 110 Å². The highest BCUT2D eigenvalue weighted by Crippen LogP contribution is 2.23. The minimum Gasteiger partial charge on any atom is -0.364 e. The lowest BCUT2D eigenvalue weighted by molar-refractivity contribution is 0.0930. The Labute approximate surface area is 136 Å². The van der Waals surface area contributed by atoms with Gasteiger partial charge in [-0.3, -0.25) is 9.59 Å². The molecule has 0 fully saturated rings. The van der Waals surface area contributed by atoms with Gasteiger partial charge in [0.05, 0.1) is 6.04 Å². The van der Waals surface area contributed by atoms with Crippen molar-refractivity contribution >= 4 is 17.5 Å². The molecule has 1 aromatic carbocycles. The summed E-state index contributed by atoms with van der Waals surface area (Å²) in [5.41, 5.74) is 1.67. The van der Waals surface area contributed by atoms with Crippen LogP contribution in [0.2, 0.25) is 0 Å². The quantitative estimate of drug-likeness (QED) is 0.745. The zero-order chi connectivity index (χ0) is 16.9. The molecule has 1 unspecified atom stereocenters. The van der Waals surface area contributed by atoms with Crippen molar-refractivity contribution in [2.45, 2.75) is 13.0 Å². The molecule has 0 aliphatic carbocycles. The van der Waals surface area contributed by atoms with E-state index in [-0.39, 0.29) is 23.3 Å². The summed E-state index contributed by atoms with van der Waals surface area (Å²) in [6.07, 6.45) is 2.65. The summed E-state index contributed by atoms with van der Waals surface area (Å²) >= 11 is 0. The van der Waals surface area contributed by atoms with Gasteiger partial charge in [-0.2, -0.15) is 0 Å². The third kappa shape index (κ3) is 3.32. The highest BCUT2D eigenvalue weighted by Gasteiger charge is 2.18. The molecule has 2 heterocycles. The number of anilines is 1. The van der Waals surface area contributed by atoms with E-state index >= 15 is 0 Å². The Hall–Kier alpha value is -3.42. The number of rotatable bonds is 5. The molecule has 2 amide bonds. The predicted molar refractivity (Wildman–Crippen MR) is 83.3 cm³/mol. The van der Waals surface area contributed by atoms with Crippen LogP contribution in [-0.4, -0.2) is 22.1 Å². The molecule has 122 valence electrons. The second kappa shape index (κ2) is 6.78. The minimum absolute atomic E-state index is 0.170. The smallest absolute Gasteiger partial charge is 0.277 e. The summed E-state index contributed by atoms with van der Waals surface area (Å²) in [5, 5.41) is 12.7. The van der Waals surface area contributed by atoms with E-state index in [1.807, 2.05) is 12.1 Å². The van der Waals surface area contributed by atoms with Gasteiger partial charge in [0, 0.05) is 17.8 Å². The van der Waals surface area contributed by atoms with Crippen LogP contribution in [0.5, 0.6) is 0 Å². The summed E-state index contributed by atoms with van der Waals surface area (Å²) in [5.74, 6) is -0.764. The van der Waals surface area contributed by atoms with Crippen molar-refractivity contribution in [2.24, 2.45) is 0 Å². The zero-order valence-corrected chi connectivity index (χ0v) is 12.7. The number of benzene rings is 1. The van der Waals surface area contributed by atoms with Crippen molar-refractivity contribution in [2.75, 3.05) is 5.32 Å². The van der Waals surface area contributed by atoms with Gasteiger partial charge in [-0.25, -0.2) is 0 Å². The fourth-order valence-corrected chi connectivity index (χ4v) is 2.18. The molecule has 2 aromatic heterocycles. The summed E-state index contributed by atoms with van der Waals surface area (Å²) < 4.78 is 9.32. The summed E-state index contributed by atoms with van der Waals surface area (Å²) in [6.45, 7) is 1.80. The number of para-hydroxylation sites is 1. The van der Waals surface area contributed by atoms with Crippen LogP contribution in [0.15, 0.2) is 58.0 Å². The average Bonchev–Trinajstić information content (AvgIpc) is 3.28. The van der Waals surface area contributed by atoms with Gasteiger partial charge in [0.1, 0.15) is 12.5 Å². The van der Waals surface area contributed by atoms with E-state index in [1.165, 1.54) is 24.7 Å². The van der Waals surface area contributed by atoms with Gasteiger partial charge < -0.3 is 19.7 Å². The van der Waals surface area contributed by atoms with Crippen molar-refractivity contribution in [3.05, 3.63) is 65.9 Å². The number of hydrogen-bond donors (Lipinski definition) is 2. The van der Waals surface area contributed by atoms with Crippen molar-refractivity contribution in [3.8, 4) is 0 Å². The predicted octanol–water partition coefficient (Wildman–Crippen LogP) is 2.41. The number of hydrogen-bond acceptors (Lipinski definition) is 6. The summed E-state index contributed by atoms with van der Waals surface area (Å²) in [7, 11) is 0. The van der Waals surface area contributed by atoms with E-state index in [1.54, 1.807) is 19.1 Å². The Morgan fingerprint density at radius 1 is 0.958 bits per heavy atom. The monoisotopic (exact) mass is 326 g/mol. The van der Waals surface area contributed by atoms with Gasteiger partial charge in [0.2, 0.25) is 0 Å². The van der Waals surface area contributed by atoms with E-state index in [0.29, 0.717) is 5.69 Å². The molecule has 3 rings (SSSR count). The van der Waals surface area contributed by atoms with Gasteiger partial charge >= 0.3 is 0 Å². The molecule has 0 aliphatic rings. The molecule has 3 aromatic rings. The van der Waals surface area contributed by atoms with Gasteiger partial charge in [0.15, 0.2) is 11.4 Å². The van der Waals surface area contributed by atoms with Crippen molar-refractivity contribution in [1.82, 2.24) is 15.6 Å². The Bertz CT molecular complexity index is 828. The number of nitrogens with one attached hydrogen (secondary N) is 2. The van der Waals surface area contributed by atoms with Crippen LogP contribution >= 0.6 is 0 Å². The van der Waals surface area contributed by atoms with E-state index < -0.39 is 5.91 Å². The van der Waals surface area contributed by atoms with Crippen LogP contribution in [0.3, 0.4) is 0 Å². The lowest BCUT2D eigenvalue weighted by Gasteiger charge is -2.17. The molecule has 0 saturated heterocycles. The maximum absolute atomic E-state index is 12.1. The summed E-state index contributed by atoms with van der Waals surface area (Å²) in [4.78, 5) is 24.2. The zero-order valence-electron chi connectivity index (χ0n) is 12.7. The second-order valence-corrected chi connectivity index (χ2v) is 5.01. The number of carbonyl (C=O) groups excluding carboxylic acids is 2. The Balaban J connectivity index is 1.76. The first kappa shape index (κ1) is 15.5. The van der Waals surface area contributed by atoms with Crippen LogP contribution in [0, 0.1) is 0 Å². The lowest BCUT2D eigenvalue weighted by atomic mass is 10.1. The number of amides is 2. The van der Waals surface area contributed by atoms with Gasteiger partial charge in [-0.1, -0.05) is 28.5 Å². The standard InChI is InChI=1S/C16H14N4O4/c1-10(17-15(21)13-6-8-23-19-13)11-4-2-3-5-12(11)18-16(22)14-7-9-24-20-14/h2-10H,1H3,(H,17,21)(H,18,22). The molecule has 24 heavy (non-hydrogen) atoms. The van der Waals surface area contributed by atoms with Crippen LogP contribution in [0.4, 0.5) is 5.69 Å².